The van der Waals surface area contributed by atoms with Crippen molar-refractivity contribution in [1.29, 1.82) is 0 Å². The van der Waals surface area contributed by atoms with Crippen LogP contribution in [0.25, 0.3) is 0 Å². The molecular formula is C30H32BrClN2O2. The summed E-state index contributed by atoms with van der Waals surface area (Å²) in [5, 5.41) is 3.91. The van der Waals surface area contributed by atoms with Crippen molar-refractivity contribution >= 4 is 39.3 Å². The van der Waals surface area contributed by atoms with Crippen molar-refractivity contribution in [3.63, 3.8) is 0 Å². The lowest BCUT2D eigenvalue weighted by Gasteiger charge is -2.32. The van der Waals surface area contributed by atoms with E-state index in [0.29, 0.717) is 24.4 Å². The molecule has 3 aromatic carbocycles. The summed E-state index contributed by atoms with van der Waals surface area (Å²) in [5.74, 6) is -0.130. The molecule has 0 radical (unpaired) electrons. The molecule has 36 heavy (non-hydrogen) atoms. The molecule has 0 unspecified atom stereocenters. The average Bonchev–Trinajstić information content (AvgIpc) is 3.40. The highest BCUT2D eigenvalue weighted by Gasteiger charge is 2.32. The molecule has 0 heterocycles. The molecule has 1 atom stereocenters. The fourth-order valence-electron chi connectivity index (χ4n) is 4.79. The molecule has 6 heteroatoms. The SMILES string of the molecule is O=C(NC1CCCC1)[C@H](Cc1ccccc1)N(Cc1ccc(Br)cc1)C(=O)CCc1ccccc1Cl. The van der Waals surface area contributed by atoms with E-state index in [1.54, 1.807) is 4.90 Å². The van der Waals surface area contributed by atoms with Crippen LogP contribution in [0.1, 0.15) is 48.8 Å². The number of aryl methyl sites for hydroxylation is 1. The lowest BCUT2D eigenvalue weighted by Crippen LogP contribution is -2.52. The van der Waals surface area contributed by atoms with E-state index < -0.39 is 6.04 Å². The van der Waals surface area contributed by atoms with Gasteiger partial charge in [0.1, 0.15) is 6.04 Å². The number of halogens is 2. The third kappa shape index (κ3) is 7.44. The van der Waals surface area contributed by atoms with Crippen LogP contribution in [0, 0.1) is 0 Å². The van der Waals surface area contributed by atoms with E-state index in [-0.39, 0.29) is 24.3 Å². The molecular weight excluding hydrogens is 536 g/mol. The Hall–Kier alpha value is -2.63. The monoisotopic (exact) mass is 566 g/mol. The van der Waals surface area contributed by atoms with Gasteiger partial charge in [0, 0.05) is 34.9 Å². The molecule has 0 spiro atoms. The molecule has 2 amide bonds. The fraction of sp³-hybridized carbons (Fsp3) is 0.333. The number of carbonyl (C=O) groups excluding carboxylic acids is 2. The second kappa shape index (κ2) is 13.1. The number of hydrogen-bond acceptors (Lipinski definition) is 2. The zero-order chi connectivity index (χ0) is 25.3. The molecule has 4 nitrogen and oxygen atoms in total. The van der Waals surface area contributed by atoms with Crippen molar-refractivity contribution in [2.75, 3.05) is 0 Å². The second-order valence-corrected chi connectivity index (χ2v) is 10.8. The van der Waals surface area contributed by atoms with Gasteiger partial charge >= 0.3 is 0 Å². The standard InChI is InChI=1S/C30H32BrClN2O2/c31-25-17-14-23(15-18-25)21-34(29(35)19-16-24-10-4-7-13-27(24)32)28(20-22-8-2-1-3-9-22)30(36)33-26-11-5-6-12-26/h1-4,7-10,13-15,17-18,26,28H,5-6,11-12,16,19-21H2,(H,33,36)/t28-/m0/s1. The van der Waals surface area contributed by atoms with Gasteiger partial charge in [-0.25, -0.2) is 0 Å². The zero-order valence-electron chi connectivity index (χ0n) is 20.3. The minimum absolute atomic E-state index is 0.0552. The Labute approximate surface area is 227 Å². The summed E-state index contributed by atoms with van der Waals surface area (Å²) >= 11 is 9.84. The number of benzene rings is 3. The van der Waals surface area contributed by atoms with Gasteiger partial charge in [0.15, 0.2) is 0 Å². The molecule has 0 bridgehead atoms. The number of amides is 2. The summed E-state index contributed by atoms with van der Waals surface area (Å²) in [6.45, 7) is 0.365. The van der Waals surface area contributed by atoms with Crippen molar-refractivity contribution in [3.8, 4) is 0 Å². The molecule has 1 saturated carbocycles. The van der Waals surface area contributed by atoms with Crippen LogP contribution >= 0.6 is 27.5 Å². The smallest absolute Gasteiger partial charge is 0.243 e. The first-order valence-electron chi connectivity index (χ1n) is 12.6. The van der Waals surface area contributed by atoms with Crippen molar-refractivity contribution < 1.29 is 9.59 Å². The Morgan fingerprint density at radius 2 is 1.58 bits per heavy atom. The van der Waals surface area contributed by atoms with Crippen LogP contribution in [-0.2, 0) is 29.0 Å². The Morgan fingerprint density at radius 3 is 2.28 bits per heavy atom. The molecule has 0 saturated heterocycles. The van der Waals surface area contributed by atoms with Gasteiger partial charge in [-0.05, 0) is 54.2 Å². The van der Waals surface area contributed by atoms with Crippen molar-refractivity contribution in [1.82, 2.24) is 10.2 Å². The first kappa shape index (κ1) is 26.4. The van der Waals surface area contributed by atoms with E-state index in [1.165, 1.54) is 0 Å². The lowest BCUT2D eigenvalue weighted by molar-refractivity contribution is -0.141. The fourth-order valence-corrected chi connectivity index (χ4v) is 5.29. The average molecular weight is 568 g/mol. The zero-order valence-corrected chi connectivity index (χ0v) is 22.7. The highest BCUT2D eigenvalue weighted by molar-refractivity contribution is 9.10. The number of nitrogens with zero attached hydrogens (tertiary/aromatic N) is 1. The van der Waals surface area contributed by atoms with Gasteiger partial charge in [0.25, 0.3) is 0 Å². The van der Waals surface area contributed by atoms with E-state index in [9.17, 15) is 9.59 Å². The predicted molar refractivity (Wildman–Crippen MR) is 149 cm³/mol. The number of hydrogen-bond donors (Lipinski definition) is 1. The van der Waals surface area contributed by atoms with Crippen LogP contribution < -0.4 is 5.32 Å². The van der Waals surface area contributed by atoms with Gasteiger partial charge in [-0.15, -0.1) is 0 Å². The number of rotatable bonds is 10. The largest absolute Gasteiger partial charge is 0.352 e. The maximum absolute atomic E-state index is 13.8. The first-order valence-corrected chi connectivity index (χ1v) is 13.8. The molecule has 1 N–H and O–H groups in total. The Kier molecular flexibility index (Phi) is 9.60. The highest BCUT2D eigenvalue weighted by atomic mass is 79.9. The van der Waals surface area contributed by atoms with E-state index >= 15 is 0 Å². The summed E-state index contributed by atoms with van der Waals surface area (Å²) in [6, 6.07) is 25.0. The molecule has 3 aromatic rings. The first-order chi connectivity index (χ1) is 17.5. The minimum Gasteiger partial charge on any atom is -0.352 e. The van der Waals surface area contributed by atoms with E-state index in [4.69, 9.17) is 11.6 Å². The Bertz CT molecular complexity index is 1150. The van der Waals surface area contributed by atoms with Crippen molar-refractivity contribution in [2.45, 2.75) is 63.6 Å². The van der Waals surface area contributed by atoms with Crippen LogP contribution in [0.4, 0.5) is 0 Å². The van der Waals surface area contributed by atoms with Crippen LogP contribution in [-0.4, -0.2) is 28.8 Å². The maximum Gasteiger partial charge on any atom is 0.243 e. The van der Waals surface area contributed by atoms with Gasteiger partial charge in [-0.1, -0.05) is 101 Å². The van der Waals surface area contributed by atoms with Gasteiger partial charge in [0.2, 0.25) is 11.8 Å². The van der Waals surface area contributed by atoms with Crippen LogP contribution in [0.2, 0.25) is 5.02 Å². The molecule has 1 fully saturated rings. The third-order valence-electron chi connectivity index (χ3n) is 6.80. The Morgan fingerprint density at radius 1 is 0.917 bits per heavy atom. The van der Waals surface area contributed by atoms with Crippen LogP contribution in [0.3, 0.4) is 0 Å². The van der Waals surface area contributed by atoms with Crippen LogP contribution in [0.15, 0.2) is 83.3 Å². The third-order valence-corrected chi connectivity index (χ3v) is 7.70. The summed E-state index contributed by atoms with van der Waals surface area (Å²) in [6.07, 6.45) is 5.53. The van der Waals surface area contributed by atoms with Gasteiger partial charge in [-0.3, -0.25) is 9.59 Å². The van der Waals surface area contributed by atoms with E-state index in [0.717, 1.165) is 46.8 Å². The summed E-state index contributed by atoms with van der Waals surface area (Å²) in [4.78, 5) is 29.2. The summed E-state index contributed by atoms with van der Waals surface area (Å²) in [7, 11) is 0. The number of carbonyl (C=O) groups is 2. The maximum atomic E-state index is 13.8. The minimum atomic E-state index is -0.601. The van der Waals surface area contributed by atoms with E-state index in [1.807, 2.05) is 78.9 Å². The molecule has 0 aromatic heterocycles. The summed E-state index contributed by atoms with van der Waals surface area (Å²) in [5.41, 5.74) is 2.95. The molecule has 188 valence electrons. The molecule has 1 aliphatic rings. The molecule has 0 aliphatic heterocycles. The Balaban J connectivity index is 1.61. The quantitative estimate of drug-likeness (QED) is 0.295. The van der Waals surface area contributed by atoms with Gasteiger partial charge in [0.05, 0.1) is 0 Å². The van der Waals surface area contributed by atoms with Gasteiger partial charge in [-0.2, -0.15) is 0 Å². The molecule has 1 aliphatic carbocycles. The molecule has 4 rings (SSSR count). The van der Waals surface area contributed by atoms with Crippen molar-refractivity contribution in [2.24, 2.45) is 0 Å². The number of nitrogens with one attached hydrogen (secondary N) is 1. The highest BCUT2D eigenvalue weighted by Crippen LogP contribution is 2.22. The van der Waals surface area contributed by atoms with Crippen LogP contribution in [0.5, 0.6) is 0 Å². The second-order valence-electron chi connectivity index (χ2n) is 9.44. The van der Waals surface area contributed by atoms with E-state index in [2.05, 4.69) is 21.2 Å². The summed E-state index contributed by atoms with van der Waals surface area (Å²) < 4.78 is 0.975. The van der Waals surface area contributed by atoms with Gasteiger partial charge < -0.3 is 10.2 Å². The lowest BCUT2D eigenvalue weighted by atomic mass is 10.0. The normalized spacial score (nSPS) is 14.4. The predicted octanol–water partition coefficient (Wildman–Crippen LogP) is 6.73. The van der Waals surface area contributed by atoms with Crippen molar-refractivity contribution in [3.05, 3.63) is 105 Å². The topological polar surface area (TPSA) is 49.4 Å².